The number of nitrogens with zero attached hydrogens (tertiary/aromatic N) is 4. The van der Waals surface area contributed by atoms with Crippen molar-refractivity contribution in [3.8, 4) is 0 Å². The van der Waals surface area contributed by atoms with Crippen LogP contribution in [-0.2, 0) is 6.54 Å². The van der Waals surface area contributed by atoms with Crippen molar-refractivity contribution in [3.63, 3.8) is 0 Å². The van der Waals surface area contributed by atoms with E-state index < -0.39 is 0 Å². The van der Waals surface area contributed by atoms with Gasteiger partial charge < -0.3 is 4.42 Å². The van der Waals surface area contributed by atoms with Crippen LogP contribution in [0.1, 0.15) is 30.3 Å². The molecule has 1 aliphatic rings. The highest BCUT2D eigenvalue weighted by molar-refractivity contribution is 5.72. The summed E-state index contributed by atoms with van der Waals surface area (Å²) in [7, 11) is 0. The molecule has 132 valence electrons. The Kier molecular flexibility index (Phi) is 3.60. The molecule has 0 aliphatic carbocycles. The van der Waals surface area contributed by atoms with Crippen LogP contribution >= 0.6 is 0 Å². The average Bonchev–Trinajstić information content (AvgIpc) is 3.29. The van der Waals surface area contributed by atoms with Gasteiger partial charge in [0, 0.05) is 30.8 Å². The van der Waals surface area contributed by atoms with Gasteiger partial charge in [0.25, 0.3) is 5.56 Å². The minimum Gasteiger partial charge on any atom is -0.440 e. The molecule has 0 bridgehead atoms. The molecule has 4 heterocycles. The van der Waals surface area contributed by atoms with Crippen molar-refractivity contribution in [2.24, 2.45) is 0 Å². The molecule has 7 heteroatoms. The Hall–Kier alpha value is -2.93. The van der Waals surface area contributed by atoms with E-state index in [0.29, 0.717) is 18.1 Å². The Morgan fingerprint density at radius 1 is 1.15 bits per heavy atom. The first-order valence-electron chi connectivity index (χ1n) is 8.90. The van der Waals surface area contributed by atoms with Crippen molar-refractivity contribution >= 4 is 16.7 Å². The lowest BCUT2D eigenvalue weighted by molar-refractivity contribution is 0.192. The molecule has 0 unspecified atom stereocenters. The van der Waals surface area contributed by atoms with Crippen LogP contribution in [-0.4, -0.2) is 37.6 Å². The molecule has 4 aromatic rings. The monoisotopic (exact) mass is 349 g/mol. The highest BCUT2D eigenvalue weighted by Gasteiger charge is 2.25. The van der Waals surface area contributed by atoms with Crippen molar-refractivity contribution in [1.29, 1.82) is 0 Å². The number of para-hydroxylation sites is 2. The minimum atomic E-state index is -0.0728. The molecule has 1 N–H and O–H groups in total. The molecule has 1 saturated heterocycles. The first kappa shape index (κ1) is 15.3. The summed E-state index contributed by atoms with van der Waals surface area (Å²) >= 11 is 0. The molecule has 26 heavy (non-hydrogen) atoms. The summed E-state index contributed by atoms with van der Waals surface area (Å²) in [6, 6.07) is 11.3. The van der Waals surface area contributed by atoms with Gasteiger partial charge in [0.05, 0.1) is 5.69 Å². The summed E-state index contributed by atoms with van der Waals surface area (Å²) in [4.78, 5) is 23.6. The first-order chi connectivity index (χ1) is 12.8. The van der Waals surface area contributed by atoms with Gasteiger partial charge in [-0.1, -0.05) is 12.1 Å². The van der Waals surface area contributed by atoms with E-state index in [1.54, 1.807) is 12.3 Å². The van der Waals surface area contributed by atoms with Crippen LogP contribution in [0.2, 0.25) is 0 Å². The molecule has 0 saturated carbocycles. The lowest BCUT2D eigenvalue weighted by Crippen LogP contribution is -2.33. The summed E-state index contributed by atoms with van der Waals surface area (Å²) in [6.07, 6.45) is 3.72. The van der Waals surface area contributed by atoms with Gasteiger partial charge in [-0.2, -0.15) is 0 Å². The Morgan fingerprint density at radius 2 is 2.00 bits per heavy atom. The number of fused-ring (bicyclic) bond motifs is 2. The van der Waals surface area contributed by atoms with E-state index in [2.05, 4.69) is 20.0 Å². The van der Waals surface area contributed by atoms with Crippen molar-refractivity contribution in [3.05, 3.63) is 64.5 Å². The lowest BCUT2D eigenvalue weighted by atomic mass is 9.96. The minimum absolute atomic E-state index is 0.0728. The van der Waals surface area contributed by atoms with E-state index in [4.69, 9.17) is 4.42 Å². The highest BCUT2D eigenvalue weighted by Crippen LogP contribution is 2.30. The van der Waals surface area contributed by atoms with Gasteiger partial charge >= 0.3 is 0 Å². The van der Waals surface area contributed by atoms with E-state index >= 15 is 0 Å². The number of oxazole rings is 1. The molecule has 0 atom stereocenters. The number of aromatic nitrogens is 4. The molecule has 3 aromatic heterocycles. The molecular formula is C19H19N5O2. The summed E-state index contributed by atoms with van der Waals surface area (Å²) in [5.41, 5.74) is 3.18. The Labute approximate surface area is 149 Å². The highest BCUT2D eigenvalue weighted by atomic mass is 16.3. The van der Waals surface area contributed by atoms with Crippen molar-refractivity contribution in [2.75, 3.05) is 13.1 Å². The molecule has 0 spiro atoms. The molecule has 0 amide bonds. The number of rotatable bonds is 3. The van der Waals surface area contributed by atoms with Gasteiger partial charge in [-0.3, -0.25) is 14.8 Å². The SMILES string of the molecule is O=c1cc(CN2CCC(c3nc4ccccc4o3)CC2)nc2cc[nH]n12. The molecule has 7 nitrogen and oxygen atoms in total. The number of H-pyrrole nitrogens is 1. The van der Waals surface area contributed by atoms with Crippen LogP contribution in [0, 0.1) is 0 Å². The number of benzene rings is 1. The second kappa shape index (κ2) is 6.10. The predicted octanol–water partition coefficient (Wildman–Crippen LogP) is 2.54. The van der Waals surface area contributed by atoms with E-state index in [1.165, 1.54) is 4.52 Å². The third-order valence-electron chi connectivity index (χ3n) is 5.07. The quantitative estimate of drug-likeness (QED) is 0.615. The zero-order chi connectivity index (χ0) is 17.5. The number of nitrogens with one attached hydrogen (secondary N) is 1. The largest absolute Gasteiger partial charge is 0.440 e. The van der Waals surface area contributed by atoms with E-state index in [9.17, 15) is 4.79 Å². The van der Waals surface area contributed by atoms with Crippen LogP contribution in [0.5, 0.6) is 0 Å². The molecule has 1 fully saturated rings. The molecular weight excluding hydrogens is 330 g/mol. The van der Waals surface area contributed by atoms with Gasteiger partial charge in [0.15, 0.2) is 17.1 Å². The lowest BCUT2D eigenvalue weighted by Gasteiger charge is -2.30. The smallest absolute Gasteiger partial charge is 0.272 e. The second-order valence-corrected chi connectivity index (χ2v) is 6.81. The Morgan fingerprint density at radius 3 is 2.85 bits per heavy atom. The van der Waals surface area contributed by atoms with Crippen LogP contribution in [0.25, 0.3) is 16.7 Å². The fourth-order valence-corrected chi connectivity index (χ4v) is 3.69. The number of hydrogen-bond donors (Lipinski definition) is 1. The molecule has 0 radical (unpaired) electrons. The topological polar surface area (TPSA) is 79.4 Å². The molecule has 5 rings (SSSR count). The Bertz CT molecular complexity index is 1080. The van der Waals surface area contributed by atoms with Gasteiger partial charge in [0.1, 0.15) is 5.52 Å². The average molecular weight is 349 g/mol. The maximum absolute atomic E-state index is 12.1. The van der Waals surface area contributed by atoms with Gasteiger partial charge in [0.2, 0.25) is 0 Å². The standard InChI is InChI=1S/C19H19N5O2/c25-18-11-14(21-17-5-8-20-24(17)18)12-23-9-6-13(7-10-23)19-22-15-3-1-2-4-16(15)26-19/h1-5,8,11,13,20H,6-7,9-10,12H2. The van der Waals surface area contributed by atoms with E-state index in [-0.39, 0.29) is 5.56 Å². The van der Waals surface area contributed by atoms with Gasteiger partial charge in [-0.05, 0) is 38.1 Å². The number of likely N-dealkylation sites (tertiary alicyclic amines) is 1. The normalized spacial score (nSPS) is 16.6. The molecule has 1 aromatic carbocycles. The fraction of sp³-hybridized carbons (Fsp3) is 0.316. The maximum Gasteiger partial charge on any atom is 0.272 e. The van der Waals surface area contributed by atoms with Crippen LogP contribution in [0.4, 0.5) is 0 Å². The first-order valence-corrected chi connectivity index (χ1v) is 8.90. The number of aromatic amines is 1. The fourth-order valence-electron chi connectivity index (χ4n) is 3.69. The Balaban J connectivity index is 1.28. The van der Waals surface area contributed by atoms with Gasteiger partial charge in [-0.25, -0.2) is 14.5 Å². The summed E-state index contributed by atoms with van der Waals surface area (Å²) in [5, 5.41) is 2.86. The van der Waals surface area contributed by atoms with Crippen molar-refractivity contribution in [2.45, 2.75) is 25.3 Å². The van der Waals surface area contributed by atoms with Crippen LogP contribution in [0.3, 0.4) is 0 Å². The number of piperidine rings is 1. The second-order valence-electron chi connectivity index (χ2n) is 6.81. The number of hydrogen-bond acceptors (Lipinski definition) is 5. The molecule has 1 aliphatic heterocycles. The third kappa shape index (κ3) is 2.70. The van der Waals surface area contributed by atoms with Crippen LogP contribution < -0.4 is 5.56 Å². The van der Waals surface area contributed by atoms with Crippen LogP contribution in [0.15, 0.2) is 51.8 Å². The van der Waals surface area contributed by atoms with Crippen molar-refractivity contribution in [1.82, 2.24) is 24.5 Å². The van der Waals surface area contributed by atoms with Crippen molar-refractivity contribution < 1.29 is 4.42 Å². The predicted molar refractivity (Wildman–Crippen MR) is 97.1 cm³/mol. The third-order valence-corrected chi connectivity index (χ3v) is 5.07. The zero-order valence-electron chi connectivity index (χ0n) is 14.3. The summed E-state index contributed by atoms with van der Waals surface area (Å²) in [5.74, 6) is 1.19. The zero-order valence-corrected chi connectivity index (χ0v) is 14.3. The summed E-state index contributed by atoms with van der Waals surface area (Å²) in [6.45, 7) is 2.58. The van der Waals surface area contributed by atoms with E-state index in [0.717, 1.165) is 48.6 Å². The van der Waals surface area contributed by atoms with E-state index in [1.807, 2.05) is 30.3 Å². The van der Waals surface area contributed by atoms with Gasteiger partial charge in [-0.15, -0.1) is 0 Å². The summed E-state index contributed by atoms with van der Waals surface area (Å²) < 4.78 is 7.37. The maximum atomic E-state index is 12.1.